The largest absolute Gasteiger partial charge is 0.324 e. The van der Waals surface area contributed by atoms with Gasteiger partial charge in [-0.3, -0.25) is 4.98 Å². The summed E-state index contributed by atoms with van der Waals surface area (Å²) in [5, 5.41) is 0. The average molecular weight is 240 g/mol. The maximum Gasteiger partial charge on any atom is 0.0335 e. The van der Waals surface area contributed by atoms with E-state index in [-0.39, 0.29) is 6.04 Å². The Hall–Kier alpha value is -1.67. The molecule has 2 heteroatoms. The lowest BCUT2D eigenvalue weighted by atomic mass is 9.96. The van der Waals surface area contributed by atoms with Gasteiger partial charge in [0.15, 0.2) is 0 Å². The van der Waals surface area contributed by atoms with E-state index in [1.165, 1.54) is 16.7 Å². The van der Waals surface area contributed by atoms with Crippen LogP contribution in [-0.4, -0.2) is 4.98 Å². The van der Waals surface area contributed by atoms with Gasteiger partial charge in [-0.25, -0.2) is 0 Å². The topological polar surface area (TPSA) is 38.9 Å². The fourth-order valence-corrected chi connectivity index (χ4v) is 2.02. The maximum atomic E-state index is 6.23. The molecule has 94 valence electrons. The van der Waals surface area contributed by atoms with E-state index in [9.17, 15) is 0 Å². The van der Waals surface area contributed by atoms with Gasteiger partial charge in [0.2, 0.25) is 0 Å². The lowest BCUT2D eigenvalue weighted by molar-refractivity contribution is 0.719. The molecule has 1 aromatic heterocycles. The van der Waals surface area contributed by atoms with Gasteiger partial charge >= 0.3 is 0 Å². The minimum atomic E-state index is 0.0496. The Bertz CT molecular complexity index is 474. The molecule has 2 rings (SSSR count). The van der Waals surface area contributed by atoms with Crippen molar-refractivity contribution in [2.24, 2.45) is 5.73 Å². The Morgan fingerprint density at radius 1 is 0.944 bits per heavy atom. The van der Waals surface area contributed by atoms with Crippen LogP contribution in [0.1, 0.15) is 42.5 Å². The van der Waals surface area contributed by atoms with Crippen LogP contribution >= 0.6 is 0 Å². The zero-order valence-corrected chi connectivity index (χ0v) is 11.0. The van der Waals surface area contributed by atoms with Gasteiger partial charge in [0.1, 0.15) is 0 Å². The van der Waals surface area contributed by atoms with E-state index in [0.29, 0.717) is 5.92 Å². The molecule has 18 heavy (non-hydrogen) atoms. The zero-order valence-electron chi connectivity index (χ0n) is 11.0. The number of hydrogen-bond acceptors (Lipinski definition) is 2. The Kier molecular flexibility index (Phi) is 4.11. The number of benzene rings is 1. The molecule has 0 aliphatic carbocycles. The summed E-state index contributed by atoms with van der Waals surface area (Å²) in [6.07, 6.45) is 4.47. The molecule has 0 bridgehead atoms. The quantitative estimate of drug-likeness (QED) is 0.889. The van der Waals surface area contributed by atoms with Crippen LogP contribution in [0.15, 0.2) is 48.8 Å². The summed E-state index contributed by atoms with van der Waals surface area (Å²) >= 11 is 0. The minimum absolute atomic E-state index is 0.0496. The molecule has 0 radical (unpaired) electrons. The van der Waals surface area contributed by atoms with Crippen molar-refractivity contribution >= 4 is 0 Å². The van der Waals surface area contributed by atoms with E-state index in [2.05, 4.69) is 43.1 Å². The summed E-state index contributed by atoms with van der Waals surface area (Å²) in [6.45, 7) is 4.40. The van der Waals surface area contributed by atoms with Crippen LogP contribution in [0.2, 0.25) is 0 Å². The summed E-state index contributed by atoms with van der Waals surface area (Å²) in [5.41, 5.74) is 10.0. The number of nitrogens with zero attached hydrogens (tertiary/aromatic N) is 1. The van der Waals surface area contributed by atoms with Crippen molar-refractivity contribution in [2.45, 2.75) is 32.2 Å². The van der Waals surface area contributed by atoms with E-state index < -0.39 is 0 Å². The Morgan fingerprint density at radius 2 is 1.50 bits per heavy atom. The van der Waals surface area contributed by atoms with Gasteiger partial charge in [-0.1, -0.05) is 38.1 Å². The maximum absolute atomic E-state index is 6.23. The first-order valence-corrected chi connectivity index (χ1v) is 6.41. The number of rotatable bonds is 4. The molecule has 0 spiro atoms. The third-order valence-corrected chi connectivity index (χ3v) is 3.24. The van der Waals surface area contributed by atoms with Gasteiger partial charge < -0.3 is 5.73 Å². The molecule has 0 aliphatic rings. The van der Waals surface area contributed by atoms with Crippen molar-refractivity contribution in [1.29, 1.82) is 0 Å². The van der Waals surface area contributed by atoms with Crippen LogP contribution in [0.25, 0.3) is 0 Å². The molecule has 0 amide bonds. The number of aromatic nitrogens is 1. The molecular formula is C16H20N2. The Morgan fingerprint density at radius 3 is 2.06 bits per heavy atom. The van der Waals surface area contributed by atoms with E-state index >= 15 is 0 Å². The van der Waals surface area contributed by atoms with Gasteiger partial charge in [-0.15, -0.1) is 0 Å². The summed E-state index contributed by atoms with van der Waals surface area (Å²) < 4.78 is 0. The molecule has 1 atom stereocenters. The third-order valence-electron chi connectivity index (χ3n) is 3.24. The second-order valence-corrected chi connectivity index (χ2v) is 4.99. The number of hydrogen-bond donors (Lipinski definition) is 1. The van der Waals surface area contributed by atoms with Crippen molar-refractivity contribution in [3.05, 3.63) is 65.5 Å². The summed E-state index contributed by atoms with van der Waals surface area (Å²) in [6, 6.07) is 12.7. The molecule has 1 unspecified atom stereocenters. The van der Waals surface area contributed by atoms with Gasteiger partial charge in [0.25, 0.3) is 0 Å². The van der Waals surface area contributed by atoms with Crippen molar-refractivity contribution in [3.63, 3.8) is 0 Å². The van der Waals surface area contributed by atoms with E-state index in [1.54, 1.807) is 0 Å². The van der Waals surface area contributed by atoms with Crippen molar-refractivity contribution in [3.8, 4) is 0 Å². The van der Waals surface area contributed by atoms with Crippen LogP contribution in [0, 0.1) is 0 Å². The standard InChI is InChI=1S/C16H20N2/c1-12(2)14-3-5-15(6-4-14)16(17)11-13-7-9-18-10-8-13/h3-10,12,16H,11,17H2,1-2H3. The number of pyridine rings is 1. The molecule has 2 N–H and O–H groups in total. The van der Waals surface area contributed by atoms with Crippen LogP contribution in [0.4, 0.5) is 0 Å². The molecule has 0 saturated heterocycles. The van der Waals surface area contributed by atoms with Crippen LogP contribution in [-0.2, 0) is 6.42 Å². The third kappa shape index (κ3) is 3.17. The van der Waals surface area contributed by atoms with E-state index in [4.69, 9.17) is 5.73 Å². The highest BCUT2D eigenvalue weighted by atomic mass is 14.6. The first-order chi connectivity index (χ1) is 8.66. The van der Waals surface area contributed by atoms with Crippen molar-refractivity contribution in [1.82, 2.24) is 4.98 Å². The lowest BCUT2D eigenvalue weighted by Crippen LogP contribution is -2.13. The predicted molar refractivity (Wildman–Crippen MR) is 75.4 cm³/mol. The Labute approximate surface area is 109 Å². The first-order valence-electron chi connectivity index (χ1n) is 6.41. The van der Waals surface area contributed by atoms with Gasteiger partial charge in [0, 0.05) is 18.4 Å². The molecular weight excluding hydrogens is 220 g/mol. The summed E-state index contributed by atoms with van der Waals surface area (Å²) in [7, 11) is 0. The second-order valence-electron chi connectivity index (χ2n) is 4.99. The van der Waals surface area contributed by atoms with Crippen molar-refractivity contribution in [2.75, 3.05) is 0 Å². The van der Waals surface area contributed by atoms with Gasteiger partial charge in [0.05, 0.1) is 0 Å². The molecule has 0 fully saturated rings. The summed E-state index contributed by atoms with van der Waals surface area (Å²) in [5.74, 6) is 0.565. The monoisotopic (exact) mass is 240 g/mol. The molecule has 1 aromatic carbocycles. The fourth-order valence-electron chi connectivity index (χ4n) is 2.02. The predicted octanol–water partition coefficient (Wildman–Crippen LogP) is 3.45. The van der Waals surface area contributed by atoms with Gasteiger partial charge in [-0.05, 0) is 41.2 Å². The Balaban J connectivity index is 2.07. The smallest absolute Gasteiger partial charge is 0.0335 e. The summed E-state index contributed by atoms with van der Waals surface area (Å²) in [4.78, 5) is 4.02. The highest BCUT2D eigenvalue weighted by Gasteiger charge is 2.07. The zero-order chi connectivity index (χ0) is 13.0. The second kappa shape index (κ2) is 5.78. The van der Waals surface area contributed by atoms with Crippen LogP contribution < -0.4 is 5.73 Å². The highest BCUT2D eigenvalue weighted by molar-refractivity contribution is 5.28. The van der Waals surface area contributed by atoms with Gasteiger partial charge in [-0.2, -0.15) is 0 Å². The molecule has 2 aromatic rings. The molecule has 0 aliphatic heterocycles. The molecule has 2 nitrogen and oxygen atoms in total. The SMILES string of the molecule is CC(C)c1ccc(C(N)Cc2ccncc2)cc1. The average Bonchev–Trinajstić information content (AvgIpc) is 2.40. The molecule has 0 saturated carbocycles. The lowest BCUT2D eigenvalue weighted by Gasteiger charge is -2.13. The van der Waals surface area contributed by atoms with Crippen LogP contribution in [0.5, 0.6) is 0 Å². The van der Waals surface area contributed by atoms with Crippen molar-refractivity contribution < 1.29 is 0 Å². The highest BCUT2D eigenvalue weighted by Crippen LogP contribution is 2.19. The van der Waals surface area contributed by atoms with E-state index in [0.717, 1.165) is 6.42 Å². The van der Waals surface area contributed by atoms with Crippen LogP contribution in [0.3, 0.4) is 0 Å². The first kappa shape index (κ1) is 12.8. The normalized spacial score (nSPS) is 12.7. The fraction of sp³-hybridized carbons (Fsp3) is 0.312. The van der Waals surface area contributed by atoms with E-state index in [1.807, 2.05) is 24.5 Å². The molecule has 1 heterocycles. The minimum Gasteiger partial charge on any atom is -0.324 e. The number of nitrogens with two attached hydrogens (primary N) is 1.